The molecule has 0 aliphatic heterocycles. The fourth-order valence-corrected chi connectivity index (χ4v) is 5.54. The highest BCUT2D eigenvalue weighted by atomic mass is 32.1. The van der Waals surface area contributed by atoms with E-state index in [0.717, 1.165) is 10.2 Å². The molecule has 0 saturated heterocycles. The average Bonchev–Trinajstić information content (AvgIpc) is 3.58. The number of carbonyl (C=O) groups excluding carboxylic acids is 1. The fraction of sp³-hybridized carbons (Fsp3) is 0.125. The molecule has 0 bridgehead atoms. The van der Waals surface area contributed by atoms with E-state index in [0.29, 0.717) is 27.3 Å². The smallest absolute Gasteiger partial charge is 0.259 e. The summed E-state index contributed by atoms with van der Waals surface area (Å²) >= 11 is 1.42. The number of hydrogen-bond donors (Lipinski definition) is 2. The fourth-order valence-electron chi connectivity index (χ4n) is 4.62. The van der Waals surface area contributed by atoms with Crippen molar-refractivity contribution in [2.24, 2.45) is 10.2 Å². The Kier molecular flexibility index (Phi) is 6.72. The van der Waals surface area contributed by atoms with Gasteiger partial charge in [-0.1, -0.05) is 86.7 Å². The van der Waals surface area contributed by atoms with E-state index in [9.17, 15) is 15.2 Å². The first-order valence-corrected chi connectivity index (χ1v) is 14.0. The Balaban J connectivity index is 1.52. The van der Waals surface area contributed by atoms with Crippen LogP contribution >= 0.6 is 11.3 Å². The Bertz CT molecular complexity index is 2010. The minimum absolute atomic E-state index is 0.0436. The lowest BCUT2D eigenvalue weighted by Crippen LogP contribution is -2.14. The van der Waals surface area contributed by atoms with Crippen molar-refractivity contribution in [2.75, 3.05) is 5.32 Å². The highest BCUT2D eigenvalue weighted by Gasteiger charge is 2.29. The van der Waals surface area contributed by atoms with Crippen molar-refractivity contribution in [1.82, 2.24) is 14.8 Å². The minimum Gasteiger partial charge on any atom is -0.505 e. The monoisotopic (exact) mass is 571 g/mol. The van der Waals surface area contributed by atoms with Gasteiger partial charge in [0.25, 0.3) is 5.91 Å². The molecule has 0 fully saturated rings. The van der Waals surface area contributed by atoms with Gasteiger partial charge in [-0.25, -0.2) is 4.98 Å². The molecule has 2 heterocycles. The number of nitrogens with zero attached hydrogens (tertiary/aromatic N) is 6. The van der Waals surface area contributed by atoms with Crippen molar-refractivity contribution >= 4 is 55.4 Å². The number of aromatic nitrogens is 3. The number of benzene rings is 4. The lowest BCUT2D eigenvalue weighted by molar-refractivity contribution is 0.102. The predicted octanol–water partition coefficient (Wildman–Crippen LogP) is 8.18. The molecule has 0 aliphatic rings. The van der Waals surface area contributed by atoms with Crippen molar-refractivity contribution < 1.29 is 9.90 Å². The van der Waals surface area contributed by atoms with E-state index in [2.05, 4.69) is 21.6 Å². The van der Waals surface area contributed by atoms with Crippen LogP contribution in [-0.2, 0) is 5.41 Å². The zero-order chi connectivity index (χ0) is 29.4. The van der Waals surface area contributed by atoms with E-state index in [1.165, 1.54) is 16.0 Å². The molecule has 9 nitrogen and oxygen atoms in total. The first kappa shape index (κ1) is 26.8. The summed E-state index contributed by atoms with van der Waals surface area (Å²) in [5, 5.41) is 39.9. The number of aromatic hydroxyl groups is 1. The predicted molar refractivity (Wildman–Crippen MR) is 164 cm³/mol. The van der Waals surface area contributed by atoms with E-state index in [1.807, 2.05) is 81.4 Å². The lowest BCUT2D eigenvalue weighted by Gasteiger charge is -2.14. The van der Waals surface area contributed by atoms with Gasteiger partial charge in [0.05, 0.1) is 21.5 Å². The van der Waals surface area contributed by atoms with E-state index in [4.69, 9.17) is 10.1 Å². The number of phenolic OH excluding ortho intramolecular Hbond substituents is 1. The number of hydrogen-bond acceptors (Lipinski definition) is 8. The highest BCUT2D eigenvalue weighted by molar-refractivity contribution is 7.20. The van der Waals surface area contributed by atoms with Crippen molar-refractivity contribution in [1.29, 1.82) is 5.26 Å². The number of para-hydroxylation sites is 2. The summed E-state index contributed by atoms with van der Waals surface area (Å²) in [6, 6.07) is 27.8. The Hall–Kier alpha value is -5.40. The van der Waals surface area contributed by atoms with Crippen LogP contribution in [0.3, 0.4) is 0 Å². The van der Waals surface area contributed by atoms with Gasteiger partial charge in [-0.3, -0.25) is 4.79 Å². The van der Waals surface area contributed by atoms with Gasteiger partial charge in [0.2, 0.25) is 5.13 Å². The third-order valence-corrected chi connectivity index (χ3v) is 7.68. The normalized spacial score (nSPS) is 11.8. The van der Waals surface area contributed by atoms with Gasteiger partial charge >= 0.3 is 0 Å². The Morgan fingerprint density at radius 1 is 1.00 bits per heavy atom. The molecular formula is C32H25N7O2S. The van der Waals surface area contributed by atoms with Crippen molar-refractivity contribution in [3.8, 4) is 17.0 Å². The molecule has 2 aromatic heterocycles. The van der Waals surface area contributed by atoms with E-state index >= 15 is 0 Å². The number of phenols is 1. The second-order valence-corrected chi connectivity index (χ2v) is 11.7. The van der Waals surface area contributed by atoms with Gasteiger partial charge in [0.15, 0.2) is 11.6 Å². The molecule has 0 aliphatic carbocycles. The molecule has 6 rings (SSSR count). The first-order valence-electron chi connectivity index (χ1n) is 13.2. The number of azo groups is 1. The Morgan fingerprint density at radius 3 is 2.45 bits per heavy atom. The SMILES string of the molecule is CC(C)(C)c1nn(-c2nc3ccccc3s2)c(N=Nc2c(O)c(C(=O)Nc3ccccc3)cc3ccccc23)c1C#N. The average molecular weight is 572 g/mol. The Morgan fingerprint density at radius 2 is 1.71 bits per heavy atom. The number of amides is 1. The van der Waals surface area contributed by atoms with Gasteiger partial charge < -0.3 is 10.4 Å². The molecule has 4 aromatic carbocycles. The van der Waals surface area contributed by atoms with Crippen molar-refractivity contribution in [3.63, 3.8) is 0 Å². The molecule has 0 radical (unpaired) electrons. The third-order valence-electron chi connectivity index (χ3n) is 6.66. The number of thiazole rings is 1. The number of rotatable bonds is 5. The summed E-state index contributed by atoms with van der Waals surface area (Å²) in [5.41, 5.74) is 1.86. The molecule has 0 atom stereocenters. The van der Waals surface area contributed by atoms with Crippen LogP contribution in [0.1, 0.15) is 42.4 Å². The zero-order valence-corrected chi connectivity index (χ0v) is 23.8. The van der Waals surface area contributed by atoms with Crippen LogP contribution in [0.5, 0.6) is 5.75 Å². The van der Waals surface area contributed by atoms with Crippen LogP contribution in [0.2, 0.25) is 0 Å². The molecule has 42 heavy (non-hydrogen) atoms. The summed E-state index contributed by atoms with van der Waals surface area (Å²) in [4.78, 5) is 18.0. The number of anilines is 1. The minimum atomic E-state index is -0.492. The summed E-state index contributed by atoms with van der Waals surface area (Å²) in [7, 11) is 0. The largest absolute Gasteiger partial charge is 0.505 e. The number of nitrogens with one attached hydrogen (secondary N) is 1. The molecule has 2 N–H and O–H groups in total. The van der Waals surface area contributed by atoms with E-state index in [1.54, 1.807) is 24.3 Å². The maximum absolute atomic E-state index is 13.2. The second kappa shape index (κ2) is 10.5. The molecular weight excluding hydrogens is 546 g/mol. The summed E-state index contributed by atoms with van der Waals surface area (Å²) in [5.74, 6) is -0.635. The standard InChI is InChI=1S/C32H25N7O2S/c1-32(2,3)28-23(18-33)29(39(38-28)31-35-24-15-9-10-16-25(24)42-31)37-36-26-21-14-8-7-11-19(21)17-22(27(26)40)30(41)34-20-12-5-4-6-13-20/h4-17,40H,1-3H3,(H,34,41). The third kappa shape index (κ3) is 4.87. The summed E-state index contributed by atoms with van der Waals surface area (Å²) < 4.78 is 2.49. The van der Waals surface area contributed by atoms with Crippen LogP contribution in [0.15, 0.2) is 95.2 Å². The molecule has 206 valence electrons. The summed E-state index contributed by atoms with van der Waals surface area (Å²) in [6.07, 6.45) is 0. The van der Waals surface area contributed by atoms with Crippen LogP contribution in [0.4, 0.5) is 17.2 Å². The lowest BCUT2D eigenvalue weighted by atomic mass is 9.90. The molecule has 0 saturated carbocycles. The van der Waals surface area contributed by atoms with Gasteiger partial charge in [-0.15, -0.1) is 10.2 Å². The number of fused-ring (bicyclic) bond motifs is 2. The number of nitriles is 1. The highest BCUT2D eigenvalue weighted by Crippen LogP contribution is 2.41. The molecule has 0 unspecified atom stereocenters. The van der Waals surface area contributed by atoms with Crippen LogP contribution < -0.4 is 5.32 Å². The van der Waals surface area contributed by atoms with E-state index in [-0.39, 0.29) is 28.4 Å². The van der Waals surface area contributed by atoms with Gasteiger partial charge in [-0.05, 0) is 35.7 Å². The topological polar surface area (TPSA) is 129 Å². The van der Waals surface area contributed by atoms with Gasteiger partial charge in [0.1, 0.15) is 17.3 Å². The van der Waals surface area contributed by atoms with Crippen LogP contribution in [0, 0.1) is 11.3 Å². The molecule has 0 spiro atoms. The maximum atomic E-state index is 13.2. The zero-order valence-electron chi connectivity index (χ0n) is 23.0. The second-order valence-electron chi connectivity index (χ2n) is 10.6. The van der Waals surface area contributed by atoms with Crippen molar-refractivity contribution in [2.45, 2.75) is 26.2 Å². The van der Waals surface area contributed by atoms with Gasteiger partial charge in [-0.2, -0.15) is 15.0 Å². The first-order chi connectivity index (χ1) is 20.2. The van der Waals surface area contributed by atoms with Crippen LogP contribution in [-0.4, -0.2) is 25.8 Å². The maximum Gasteiger partial charge on any atom is 0.259 e. The quantitative estimate of drug-likeness (QED) is 0.202. The molecule has 10 heteroatoms. The number of carbonyl (C=O) groups is 1. The van der Waals surface area contributed by atoms with Gasteiger partial charge in [0, 0.05) is 16.5 Å². The van der Waals surface area contributed by atoms with E-state index < -0.39 is 11.3 Å². The molecule has 6 aromatic rings. The summed E-state index contributed by atoms with van der Waals surface area (Å²) in [6.45, 7) is 5.90. The Labute approximate surface area is 245 Å². The van der Waals surface area contributed by atoms with Crippen LogP contribution in [0.25, 0.3) is 26.1 Å². The van der Waals surface area contributed by atoms with Crippen molar-refractivity contribution in [3.05, 3.63) is 102 Å². The molecule has 1 amide bonds.